The van der Waals surface area contributed by atoms with Crippen molar-refractivity contribution in [3.8, 4) is 0 Å². The second kappa shape index (κ2) is 7.38. The summed E-state index contributed by atoms with van der Waals surface area (Å²) in [6, 6.07) is 0. The van der Waals surface area contributed by atoms with Gasteiger partial charge in [-0.15, -0.1) is 11.3 Å². The van der Waals surface area contributed by atoms with Crippen molar-refractivity contribution in [3.63, 3.8) is 0 Å². The fourth-order valence-corrected chi connectivity index (χ4v) is 3.92. The largest absolute Gasteiger partial charge is 0.351 e. The molecule has 1 N–H and O–H groups in total. The van der Waals surface area contributed by atoms with Gasteiger partial charge >= 0.3 is 0 Å². The summed E-state index contributed by atoms with van der Waals surface area (Å²) in [4.78, 5) is 11.0. The van der Waals surface area contributed by atoms with Gasteiger partial charge in [0.1, 0.15) is 0 Å². The van der Waals surface area contributed by atoms with Gasteiger partial charge in [-0.2, -0.15) is 0 Å². The van der Waals surface area contributed by atoms with Gasteiger partial charge in [-0.1, -0.05) is 13.8 Å². The lowest BCUT2D eigenvalue weighted by Gasteiger charge is -2.20. The third-order valence-corrected chi connectivity index (χ3v) is 5.20. The average molecular weight is 296 g/mol. The van der Waals surface area contributed by atoms with E-state index in [1.165, 1.54) is 35.2 Å². The minimum absolute atomic E-state index is 0.788. The SMILES string of the molecule is CCNCc1sc(N(C)CC2CCN(C)C2)nc1CC. The van der Waals surface area contributed by atoms with Crippen molar-refractivity contribution in [2.45, 2.75) is 33.2 Å². The Bertz CT molecular complexity index is 418. The normalized spacial score (nSPS) is 19.7. The van der Waals surface area contributed by atoms with Gasteiger partial charge in [0.05, 0.1) is 5.69 Å². The molecule has 1 aromatic heterocycles. The summed E-state index contributed by atoms with van der Waals surface area (Å²) in [6.45, 7) is 9.90. The predicted octanol–water partition coefficient (Wildman–Crippen LogP) is 2.20. The summed E-state index contributed by atoms with van der Waals surface area (Å²) in [5.74, 6) is 0.788. The van der Waals surface area contributed by atoms with Crippen LogP contribution < -0.4 is 10.2 Å². The Hall–Kier alpha value is -0.650. The zero-order chi connectivity index (χ0) is 14.5. The van der Waals surface area contributed by atoms with Crippen LogP contribution in [0.4, 0.5) is 5.13 Å². The van der Waals surface area contributed by atoms with Crippen molar-refractivity contribution < 1.29 is 0 Å². The van der Waals surface area contributed by atoms with Gasteiger partial charge in [0.15, 0.2) is 5.13 Å². The van der Waals surface area contributed by atoms with E-state index in [0.29, 0.717) is 0 Å². The Morgan fingerprint density at radius 2 is 2.25 bits per heavy atom. The van der Waals surface area contributed by atoms with Crippen molar-refractivity contribution in [1.82, 2.24) is 15.2 Å². The molecule has 1 saturated heterocycles. The van der Waals surface area contributed by atoms with Crippen LogP contribution in [-0.2, 0) is 13.0 Å². The summed E-state index contributed by atoms with van der Waals surface area (Å²) >= 11 is 1.86. The van der Waals surface area contributed by atoms with E-state index in [0.717, 1.165) is 32.0 Å². The molecule has 0 saturated carbocycles. The average Bonchev–Trinajstić information content (AvgIpc) is 3.02. The van der Waals surface area contributed by atoms with E-state index in [4.69, 9.17) is 4.98 Å². The van der Waals surface area contributed by atoms with Crippen LogP contribution in [0.25, 0.3) is 0 Å². The Morgan fingerprint density at radius 1 is 1.45 bits per heavy atom. The van der Waals surface area contributed by atoms with E-state index >= 15 is 0 Å². The highest BCUT2D eigenvalue weighted by Crippen LogP contribution is 2.27. The summed E-state index contributed by atoms with van der Waals surface area (Å²) in [6.07, 6.45) is 2.34. The smallest absolute Gasteiger partial charge is 0.185 e. The topological polar surface area (TPSA) is 31.4 Å². The van der Waals surface area contributed by atoms with E-state index in [-0.39, 0.29) is 0 Å². The lowest BCUT2D eigenvalue weighted by atomic mass is 10.1. The van der Waals surface area contributed by atoms with Crippen LogP contribution in [0.1, 0.15) is 30.8 Å². The third kappa shape index (κ3) is 3.93. The fourth-order valence-electron chi connectivity index (χ4n) is 2.83. The van der Waals surface area contributed by atoms with Crippen LogP contribution in [0.15, 0.2) is 0 Å². The third-order valence-electron chi connectivity index (χ3n) is 3.98. The molecule has 0 spiro atoms. The van der Waals surface area contributed by atoms with E-state index in [1.807, 2.05) is 11.3 Å². The molecular weight excluding hydrogens is 268 g/mol. The number of likely N-dealkylation sites (tertiary alicyclic amines) is 1. The molecule has 20 heavy (non-hydrogen) atoms. The highest BCUT2D eigenvalue weighted by atomic mass is 32.1. The minimum atomic E-state index is 0.788. The number of hydrogen-bond donors (Lipinski definition) is 1. The molecule has 1 aromatic rings. The van der Waals surface area contributed by atoms with Gasteiger partial charge in [0, 0.05) is 31.6 Å². The molecule has 2 heterocycles. The van der Waals surface area contributed by atoms with Crippen LogP contribution in [0, 0.1) is 5.92 Å². The number of rotatable bonds is 7. The van der Waals surface area contributed by atoms with Crippen LogP contribution >= 0.6 is 11.3 Å². The Labute approximate surface area is 127 Å². The number of anilines is 1. The Morgan fingerprint density at radius 3 is 2.85 bits per heavy atom. The van der Waals surface area contributed by atoms with Crippen molar-refractivity contribution in [3.05, 3.63) is 10.6 Å². The minimum Gasteiger partial charge on any atom is -0.351 e. The van der Waals surface area contributed by atoms with Crippen molar-refractivity contribution in [2.75, 3.05) is 45.2 Å². The highest BCUT2D eigenvalue weighted by Gasteiger charge is 2.22. The number of aromatic nitrogens is 1. The van der Waals surface area contributed by atoms with Gasteiger partial charge < -0.3 is 15.1 Å². The standard InChI is InChI=1S/C15H28N4S/c1-5-13-14(9-16-6-2)20-15(17-13)19(4)11-12-7-8-18(3)10-12/h12,16H,5-11H2,1-4H3. The quantitative estimate of drug-likeness (QED) is 0.836. The molecule has 0 radical (unpaired) electrons. The molecule has 0 aliphatic carbocycles. The molecule has 1 aliphatic heterocycles. The molecule has 1 fully saturated rings. The summed E-state index contributed by atoms with van der Waals surface area (Å²) in [5, 5.41) is 4.60. The molecule has 1 aliphatic rings. The van der Waals surface area contributed by atoms with Gasteiger partial charge in [0.25, 0.3) is 0 Å². The van der Waals surface area contributed by atoms with Crippen LogP contribution in [-0.4, -0.2) is 50.2 Å². The fraction of sp³-hybridized carbons (Fsp3) is 0.800. The van der Waals surface area contributed by atoms with E-state index in [9.17, 15) is 0 Å². The molecule has 114 valence electrons. The summed E-state index contributed by atoms with van der Waals surface area (Å²) in [7, 11) is 4.40. The van der Waals surface area contributed by atoms with Crippen LogP contribution in [0.2, 0.25) is 0 Å². The monoisotopic (exact) mass is 296 g/mol. The summed E-state index contributed by atoms with van der Waals surface area (Å²) < 4.78 is 0. The number of nitrogens with one attached hydrogen (secondary N) is 1. The van der Waals surface area contributed by atoms with Crippen molar-refractivity contribution >= 4 is 16.5 Å². The second-order valence-electron chi connectivity index (χ2n) is 5.80. The van der Waals surface area contributed by atoms with Gasteiger partial charge in [0.2, 0.25) is 0 Å². The predicted molar refractivity (Wildman–Crippen MR) is 87.7 cm³/mol. The number of nitrogens with zero attached hydrogens (tertiary/aromatic N) is 3. The lowest BCUT2D eigenvalue weighted by molar-refractivity contribution is 0.396. The highest BCUT2D eigenvalue weighted by molar-refractivity contribution is 7.15. The van der Waals surface area contributed by atoms with E-state index < -0.39 is 0 Å². The zero-order valence-corrected chi connectivity index (χ0v) is 14.1. The summed E-state index contributed by atoms with van der Waals surface area (Å²) in [5.41, 5.74) is 1.27. The molecule has 0 amide bonds. The molecule has 5 heteroatoms. The Kier molecular flexibility index (Phi) is 5.81. The van der Waals surface area contributed by atoms with E-state index in [1.54, 1.807) is 0 Å². The maximum absolute atomic E-state index is 4.83. The lowest BCUT2D eigenvalue weighted by Crippen LogP contribution is -2.27. The Balaban J connectivity index is 1.98. The maximum Gasteiger partial charge on any atom is 0.185 e. The van der Waals surface area contributed by atoms with Crippen molar-refractivity contribution in [1.29, 1.82) is 0 Å². The van der Waals surface area contributed by atoms with Gasteiger partial charge in [-0.3, -0.25) is 0 Å². The number of hydrogen-bond acceptors (Lipinski definition) is 5. The van der Waals surface area contributed by atoms with E-state index in [2.05, 4.69) is 43.1 Å². The first kappa shape index (κ1) is 15.7. The molecule has 4 nitrogen and oxygen atoms in total. The number of thiazole rings is 1. The van der Waals surface area contributed by atoms with Crippen molar-refractivity contribution in [2.24, 2.45) is 5.92 Å². The first-order valence-electron chi connectivity index (χ1n) is 7.73. The number of aryl methyl sites for hydroxylation is 1. The molecule has 1 unspecified atom stereocenters. The van der Waals surface area contributed by atoms with Gasteiger partial charge in [-0.05, 0) is 38.9 Å². The molecule has 1 atom stereocenters. The van der Waals surface area contributed by atoms with Gasteiger partial charge in [-0.25, -0.2) is 4.98 Å². The zero-order valence-electron chi connectivity index (χ0n) is 13.3. The molecule has 0 bridgehead atoms. The van der Waals surface area contributed by atoms with Crippen LogP contribution in [0.3, 0.4) is 0 Å². The molecular formula is C15H28N4S. The maximum atomic E-state index is 4.83. The second-order valence-corrected chi connectivity index (χ2v) is 6.86. The van der Waals surface area contributed by atoms with Crippen LogP contribution in [0.5, 0.6) is 0 Å². The first-order chi connectivity index (χ1) is 9.63. The molecule has 0 aromatic carbocycles. The first-order valence-corrected chi connectivity index (χ1v) is 8.54. The molecule has 2 rings (SSSR count).